The standard InChI is InChI=1S/C37H47FN8O9/c1-5-44-19-26(35(51)52)32(48)25-17-27(38)30(18-29(25)44)45-13-15-46(16-14-45)37(54)55-20-23-8-10-24(11-9-23)42-33(49)28(7-6-12-40-36(39)53)43-34(50)31(21(2)3)41-22(4)47/h8-11,17-19,21,28,31H,5-7,12-16,20H2,1-4H3,(H,41,47)(H,42,49)(H,43,50)(H,51,52)(H3,39,40,53)/t28-,31-/m0/s1. The van der Waals surface area contributed by atoms with Crippen LogP contribution >= 0.6 is 0 Å². The van der Waals surface area contributed by atoms with E-state index in [0.717, 1.165) is 6.07 Å². The van der Waals surface area contributed by atoms with Crippen molar-refractivity contribution in [1.29, 1.82) is 0 Å². The van der Waals surface area contributed by atoms with E-state index in [1.54, 1.807) is 54.5 Å². The summed E-state index contributed by atoms with van der Waals surface area (Å²) >= 11 is 0. The second-order valence-electron chi connectivity index (χ2n) is 13.4. The highest BCUT2D eigenvalue weighted by Crippen LogP contribution is 2.27. The van der Waals surface area contributed by atoms with E-state index in [-0.39, 0.29) is 62.7 Å². The van der Waals surface area contributed by atoms with E-state index in [1.165, 1.54) is 24.1 Å². The third kappa shape index (κ3) is 10.9. The lowest BCUT2D eigenvalue weighted by atomic mass is 10.0. The monoisotopic (exact) mass is 766 g/mol. The third-order valence-electron chi connectivity index (χ3n) is 9.09. The Morgan fingerprint density at radius 1 is 0.982 bits per heavy atom. The molecule has 2 atom stereocenters. The summed E-state index contributed by atoms with van der Waals surface area (Å²) < 4.78 is 22.4. The molecule has 0 unspecified atom stereocenters. The number of pyridine rings is 1. The number of ether oxygens (including phenoxy) is 1. The van der Waals surface area contributed by atoms with Crippen LogP contribution in [0.1, 0.15) is 56.5 Å². The van der Waals surface area contributed by atoms with Crippen LogP contribution in [0.15, 0.2) is 47.4 Å². The number of aromatic carboxylic acids is 1. The Balaban J connectivity index is 1.32. The Morgan fingerprint density at radius 3 is 2.24 bits per heavy atom. The SMILES string of the molecule is CCn1cc(C(=O)O)c(=O)c2cc(F)c(N3CCN(C(=O)OCc4ccc(NC(=O)[C@H](CCCNC(N)=O)NC(=O)[C@@H](NC(C)=O)C(C)C)cc4)CC3)cc21. The van der Waals surface area contributed by atoms with Crippen LogP contribution in [-0.2, 0) is 32.3 Å². The zero-order chi connectivity index (χ0) is 40.4. The van der Waals surface area contributed by atoms with E-state index in [9.17, 15) is 38.7 Å². The lowest BCUT2D eigenvalue weighted by molar-refractivity contribution is -0.131. The van der Waals surface area contributed by atoms with Gasteiger partial charge in [0, 0.05) is 63.5 Å². The first-order valence-corrected chi connectivity index (χ1v) is 17.9. The van der Waals surface area contributed by atoms with Gasteiger partial charge in [0.15, 0.2) is 0 Å². The van der Waals surface area contributed by atoms with Crippen LogP contribution in [0.4, 0.5) is 25.4 Å². The van der Waals surface area contributed by atoms with Crippen molar-refractivity contribution in [3.8, 4) is 0 Å². The molecule has 3 aromatic rings. The number of aryl methyl sites for hydroxylation is 1. The largest absolute Gasteiger partial charge is 0.477 e. The van der Waals surface area contributed by atoms with E-state index in [1.807, 2.05) is 0 Å². The van der Waals surface area contributed by atoms with E-state index >= 15 is 4.39 Å². The number of carboxylic acids is 1. The number of nitrogens with one attached hydrogen (secondary N) is 4. The zero-order valence-corrected chi connectivity index (χ0v) is 31.1. The van der Waals surface area contributed by atoms with Gasteiger partial charge in [-0.3, -0.25) is 19.2 Å². The second kappa shape index (κ2) is 18.7. The summed E-state index contributed by atoms with van der Waals surface area (Å²) in [6.07, 6.45) is 1.17. The minimum absolute atomic E-state index is 0.0279. The van der Waals surface area contributed by atoms with Gasteiger partial charge in [0.05, 0.1) is 11.2 Å². The van der Waals surface area contributed by atoms with Gasteiger partial charge in [-0.1, -0.05) is 26.0 Å². The summed E-state index contributed by atoms with van der Waals surface area (Å²) in [6, 6.07) is 6.55. The summed E-state index contributed by atoms with van der Waals surface area (Å²) in [6.45, 7) is 8.11. The van der Waals surface area contributed by atoms with Crippen LogP contribution < -0.4 is 37.3 Å². The smallest absolute Gasteiger partial charge is 0.410 e. The number of carbonyl (C=O) groups is 6. The predicted molar refractivity (Wildman–Crippen MR) is 201 cm³/mol. The quantitative estimate of drug-likeness (QED) is 0.124. The number of hydrogen-bond donors (Lipinski definition) is 6. The summed E-state index contributed by atoms with van der Waals surface area (Å²) in [7, 11) is 0. The number of rotatable bonds is 15. The molecule has 1 aliphatic rings. The fraction of sp³-hybridized carbons (Fsp3) is 0.432. The van der Waals surface area contributed by atoms with Crippen molar-refractivity contribution >= 4 is 58.1 Å². The van der Waals surface area contributed by atoms with Crippen molar-refractivity contribution < 1.29 is 43.0 Å². The number of urea groups is 1. The van der Waals surface area contributed by atoms with Gasteiger partial charge < -0.3 is 51.2 Å². The van der Waals surface area contributed by atoms with Crippen molar-refractivity contribution in [2.75, 3.05) is 42.9 Å². The van der Waals surface area contributed by atoms with Gasteiger partial charge in [0.1, 0.15) is 30.1 Å². The van der Waals surface area contributed by atoms with Gasteiger partial charge in [0.25, 0.3) is 0 Å². The Kier molecular flexibility index (Phi) is 14.1. The Bertz CT molecular complexity index is 1980. The molecule has 18 heteroatoms. The minimum Gasteiger partial charge on any atom is -0.477 e. The van der Waals surface area contributed by atoms with Gasteiger partial charge in [-0.25, -0.2) is 18.8 Å². The maximum Gasteiger partial charge on any atom is 0.410 e. The number of nitrogens with zero attached hydrogens (tertiary/aromatic N) is 3. The number of aromatic nitrogens is 1. The third-order valence-corrected chi connectivity index (χ3v) is 9.09. The normalized spacial score (nSPS) is 13.9. The van der Waals surface area contributed by atoms with Gasteiger partial charge in [-0.05, 0) is 55.5 Å². The molecule has 1 saturated heterocycles. The molecule has 55 heavy (non-hydrogen) atoms. The minimum atomic E-state index is -1.39. The number of benzene rings is 2. The van der Waals surface area contributed by atoms with Gasteiger partial charge >= 0.3 is 18.1 Å². The number of carbonyl (C=O) groups excluding carboxylic acids is 5. The van der Waals surface area contributed by atoms with Crippen molar-refractivity contribution in [3.05, 3.63) is 69.8 Å². The molecule has 0 aliphatic carbocycles. The fourth-order valence-corrected chi connectivity index (χ4v) is 6.14. The van der Waals surface area contributed by atoms with E-state index in [2.05, 4.69) is 21.3 Å². The summed E-state index contributed by atoms with van der Waals surface area (Å²) in [4.78, 5) is 89.4. The highest BCUT2D eigenvalue weighted by Gasteiger charge is 2.29. The molecule has 296 valence electrons. The Hall–Kier alpha value is -6.20. The van der Waals surface area contributed by atoms with Crippen molar-refractivity contribution in [3.63, 3.8) is 0 Å². The first-order chi connectivity index (χ1) is 26.1. The molecule has 0 bridgehead atoms. The molecule has 2 heterocycles. The van der Waals surface area contributed by atoms with Crippen molar-refractivity contribution in [1.82, 2.24) is 25.4 Å². The maximum absolute atomic E-state index is 15.3. The molecule has 17 nitrogen and oxygen atoms in total. The average molecular weight is 767 g/mol. The summed E-state index contributed by atoms with van der Waals surface area (Å²) in [5, 5.41) is 19.9. The summed E-state index contributed by atoms with van der Waals surface area (Å²) in [5.41, 5.74) is 5.60. The van der Waals surface area contributed by atoms with Crippen LogP contribution in [-0.4, -0.2) is 95.2 Å². The van der Waals surface area contributed by atoms with Crippen LogP contribution in [0.2, 0.25) is 0 Å². The molecular weight excluding hydrogens is 719 g/mol. The predicted octanol–water partition coefficient (Wildman–Crippen LogP) is 2.35. The number of nitrogens with two attached hydrogens (primary N) is 1. The summed E-state index contributed by atoms with van der Waals surface area (Å²) in [5.74, 6) is -3.76. The molecule has 1 fully saturated rings. The maximum atomic E-state index is 15.3. The van der Waals surface area contributed by atoms with Crippen LogP contribution in [0.3, 0.4) is 0 Å². The molecule has 6 amide bonds. The number of carboxylic acid groups (broad SMARTS) is 1. The number of hydrogen-bond acceptors (Lipinski definition) is 9. The highest BCUT2D eigenvalue weighted by molar-refractivity contribution is 5.98. The van der Waals surface area contributed by atoms with E-state index in [0.29, 0.717) is 29.7 Å². The Labute approximate surface area is 316 Å². The number of piperazine rings is 1. The molecule has 2 aromatic carbocycles. The van der Waals surface area contributed by atoms with Gasteiger partial charge in [-0.2, -0.15) is 0 Å². The molecule has 1 aliphatic heterocycles. The number of halogens is 1. The number of anilines is 2. The molecule has 4 rings (SSSR count). The van der Waals surface area contributed by atoms with Crippen LogP contribution in [0, 0.1) is 11.7 Å². The van der Waals surface area contributed by atoms with Crippen molar-refractivity contribution in [2.24, 2.45) is 11.7 Å². The molecular formula is C37H47FN8O9. The van der Waals surface area contributed by atoms with Gasteiger partial charge in [-0.15, -0.1) is 0 Å². The number of fused-ring (bicyclic) bond motifs is 1. The van der Waals surface area contributed by atoms with Crippen LogP contribution in [0.25, 0.3) is 10.9 Å². The fourth-order valence-electron chi connectivity index (χ4n) is 6.14. The molecule has 0 radical (unpaired) electrons. The number of amides is 6. The first kappa shape index (κ1) is 41.6. The molecule has 1 aromatic heterocycles. The molecule has 7 N–H and O–H groups in total. The molecule has 0 spiro atoms. The molecule has 0 saturated carbocycles. The average Bonchev–Trinajstić information content (AvgIpc) is 3.14. The Morgan fingerprint density at radius 2 is 1.65 bits per heavy atom. The highest BCUT2D eigenvalue weighted by atomic mass is 19.1. The van der Waals surface area contributed by atoms with Gasteiger partial charge in [0.2, 0.25) is 23.2 Å². The lowest BCUT2D eigenvalue weighted by Gasteiger charge is -2.35. The zero-order valence-electron chi connectivity index (χ0n) is 31.1. The first-order valence-electron chi connectivity index (χ1n) is 17.9. The van der Waals surface area contributed by atoms with E-state index < -0.39 is 64.7 Å². The second-order valence-corrected chi connectivity index (χ2v) is 13.4. The van der Waals surface area contributed by atoms with E-state index in [4.69, 9.17) is 10.5 Å². The lowest BCUT2D eigenvalue weighted by Crippen LogP contribution is -2.54. The topological polar surface area (TPSA) is 234 Å². The van der Waals surface area contributed by atoms with Crippen LogP contribution in [0.5, 0.6) is 0 Å². The number of primary amides is 1. The van der Waals surface area contributed by atoms with Crippen molar-refractivity contribution in [2.45, 2.75) is 65.8 Å².